The van der Waals surface area contributed by atoms with Gasteiger partial charge < -0.3 is 14.8 Å². The molecule has 2 N–H and O–H groups in total. The second kappa shape index (κ2) is 5.42. The van der Waals surface area contributed by atoms with E-state index in [2.05, 4.69) is 4.74 Å². The van der Waals surface area contributed by atoms with E-state index in [1.165, 1.54) is 0 Å². The second-order valence-corrected chi connectivity index (χ2v) is 3.20. The number of carbonyl (C=O) groups is 1. The fourth-order valence-electron chi connectivity index (χ4n) is 1.27. The van der Waals surface area contributed by atoms with E-state index >= 15 is 0 Å². The normalized spacial score (nSPS) is 10.6. The summed E-state index contributed by atoms with van der Waals surface area (Å²) in [7, 11) is 0. The number of alkyl halides is 2. The van der Waals surface area contributed by atoms with Gasteiger partial charge in [-0.1, -0.05) is 0 Å². The van der Waals surface area contributed by atoms with Crippen molar-refractivity contribution in [3.8, 4) is 5.75 Å². The molecule has 0 atom stereocenters. The first-order valence-electron chi connectivity index (χ1n) is 4.84. The van der Waals surface area contributed by atoms with E-state index in [0.717, 1.165) is 0 Å². The van der Waals surface area contributed by atoms with Gasteiger partial charge in [0.15, 0.2) is 5.75 Å². The Balaban J connectivity index is 3.08. The summed E-state index contributed by atoms with van der Waals surface area (Å²) >= 11 is 0. The standard InChI is InChI=1S/C10H11F2NO4/c1-2-17-8(15)4-6-5(9(11)12)3-7(14)10(16)13-6/h3,9,14H,2,4H2,1H3,(H,13,16). The molecule has 0 saturated heterocycles. The second-order valence-electron chi connectivity index (χ2n) is 3.20. The maximum Gasteiger partial charge on any atom is 0.311 e. The summed E-state index contributed by atoms with van der Waals surface area (Å²) in [6, 6.07) is 0.651. The van der Waals surface area contributed by atoms with Gasteiger partial charge in [0.25, 0.3) is 12.0 Å². The quantitative estimate of drug-likeness (QED) is 0.781. The molecule has 7 heteroatoms. The molecule has 0 saturated carbocycles. The first-order valence-corrected chi connectivity index (χ1v) is 4.84. The minimum Gasteiger partial charge on any atom is -0.503 e. The van der Waals surface area contributed by atoms with Crippen LogP contribution in [0.5, 0.6) is 5.75 Å². The summed E-state index contributed by atoms with van der Waals surface area (Å²) in [5.74, 6) is -1.54. The molecule has 0 amide bonds. The van der Waals surface area contributed by atoms with Crippen molar-refractivity contribution < 1.29 is 23.4 Å². The predicted octanol–water partition coefficient (Wildman–Crippen LogP) is 1.12. The predicted molar refractivity (Wildman–Crippen MR) is 54.0 cm³/mol. The lowest BCUT2D eigenvalue weighted by molar-refractivity contribution is -0.142. The Morgan fingerprint density at radius 3 is 2.76 bits per heavy atom. The molecule has 1 aromatic rings. The molecule has 1 rings (SSSR count). The molecule has 1 heterocycles. The lowest BCUT2D eigenvalue weighted by atomic mass is 10.1. The summed E-state index contributed by atoms with van der Waals surface area (Å²) in [4.78, 5) is 24.2. The number of aromatic hydroxyl groups is 1. The number of pyridine rings is 1. The van der Waals surface area contributed by atoms with Crippen molar-refractivity contribution in [2.24, 2.45) is 0 Å². The van der Waals surface area contributed by atoms with Crippen LogP contribution in [0.2, 0.25) is 0 Å². The van der Waals surface area contributed by atoms with Gasteiger partial charge in [0.2, 0.25) is 0 Å². The number of aromatic amines is 1. The van der Waals surface area contributed by atoms with Crippen molar-refractivity contribution >= 4 is 5.97 Å². The molecular weight excluding hydrogens is 236 g/mol. The monoisotopic (exact) mass is 247 g/mol. The number of hydrogen-bond acceptors (Lipinski definition) is 4. The van der Waals surface area contributed by atoms with E-state index in [1.807, 2.05) is 4.98 Å². The zero-order chi connectivity index (χ0) is 13.0. The van der Waals surface area contributed by atoms with E-state index in [0.29, 0.717) is 6.07 Å². The molecule has 17 heavy (non-hydrogen) atoms. The highest BCUT2D eigenvalue weighted by molar-refractivity contribution is 5.72. The molecule has 0 spiro atoms. The summed E-state index contributed by atoms with van der Waals surface area (Å²) in [6.07, 6.45) is -3.37. The number of carbonyl (C=O) groups excluding carboxylic acids is 1. The van der Waals surface area contributed by atoms with E-state index in [9.17, 15) is 18.4 Å². The molecule has 0 aromatic carbocycles. The Kier molecular flexibility index (Phi) is 4.19. The van der Waals surface area contributed by atoms with Crippen LogP contribution in [0.3, 0.4) is 0 Å². The number of halogens is 2. The number of aromatic nitrogens is 1. The summed E-state index contributed by atoms with van der Waals surface area (Å²) < 4.78 is 29.8. The molecule has 5 nitrogen and oxygen atoms in total. The first-order chi connectivity index (χ1) is 7.95. The Hall–Kier alpha value is -1.92. The van der Waals surface area contributed by atoms with Gasteiger partial charge in [-0.2, -0.15) is 0 Å². The highest BCUT2D eigenvalue weighted by Crippen LogP contribution is 2.23. The number of rotatable bonds is 4. The average molecular weight is 247 g/mol. The molecule has 0 aliphatic heterocycles. The van der Waals surface area contributed by atoms with Gasteiger partial charge in [0, 0.05) is 11.3 Å². The molecular formula is C10H11F2NO4. The van der Waals surface area contributed by atoms with E-state index in [-0.39, 0.29) is 12.3 Å². The van der Waals surface area contributed by atoms with Crippen molar-refractivity contribution in [2.75, 3.05) is 6.61 Å². The number of hydrogen-bond donors (Lipinski definition) is 2. The molecule has 0 aliphatic carbocycles. The minimum atomic E-state index is -2.90. The molecule has 0 aliphatic rings. The Bertz CT molecular complexity index is 470. The zero-order valence-corrected chi connectivity index (χ0v) is 9.00. The molecule has 1 aromatic heterocycles. The van der Waals surface area contributed by atoms with Crippen molar-refractivity contribution in [3.05, 3.63) is 27.7 Å². The highest BCUT2D eigenvalue weighted by Gasteiger charge is 2.18. The van der Waals surface area contributed by atoms with Crippen LogP contribution in [-0.4, -0.2) is 22.7 Å². The molecule has 0 bridgehead atoms. The average Bonchev–Trinajstić information content (AvgIpc) is 2.23. The third-order valence-corrected chi connectivity index (χ3v) is 2.00. The van der Waals surface area contributed by atoms with Crippen molar-refractivity contribution in [3.63, 3.8) is 0 Å². The van der Waals surface area contributed by atoms with E-state index in [4.69, 9.17) is 5.11 Å². The molecule has 0 unspecified atom stereocenters. The van der Waals surface area contributed by atoms with Gasteiger partial charge in [-0.05, 0) is 13.0 Å². The topological polar surface area (TPSA) is 79.4 Å². The summed E-state index contributed by atoms with van der Waals surface area (Å²) in [6.45, 7) is 1.69. The maximum atomic E-state index is 12.6. The van der Waals surface area contributed by atoms with Crippen LogP contribution in [0, 0.1) is 0 Å². The number of nitrogens with one attached hydrogen (secondary N) is 1. The van der Waals surface area contributed by atoms with Gasteiger partial charge in [0.05, 0.1) is 13.0 Å². The van der Waals surface area contributed by atoms with Crippen molar-refractivity contribution in [1.29, 1.82) is 0 Å². The van der Waals surface area contributed by atoms with Gasteiger partial charge in [-0.25, -0.2) is 8.78 Å². The van der Waals surface area contributed by atoms with E-state index < -0.39 is 35.7 Å². The highest BCUT2D eigenvalue weighted by atomic mass is 19.3. The lowest BCUT2D eigenvalue weighted by Gasteiger charge is -2.08. The van der Waals surface area contributed by atoms with Crippen LogP contribution in [0.1, 0.15) is 24.6 Å². The van der Waals surface area contributed by atoms with Crippen LogP contribution in [0.4, 0.5) is 8.78 Å². The number of H-pyrrole nitrogens is 1. The van der Waals surface area contributed by atoms with Crippen molar-refractivity contribution in [1.82, 2.24) is 4.98 Å². The fraction of sp³-hybridized carbons (Fsp3) is 0.400. The van der Waals surface area contributed by atoms with Gasteiger partial charge in [-0.15, -0.1) is 0 Å². The molecule has 0 fully saturated rings. The lowest BCUT2D eigenvalue weighted by Crippen LogP contribution is -2.16. The zero-order valence-electron chi connectivity index (χ0n) is 9.00. The van der Waals surface area contributed by atoms with Crippen LogP contribution in [0.25, 0.3) is 0 Å². The fourth-order valence-corrected chi connectivity index (χ4v) is 1.27. The third kappa shape index (κ3) is 3.27. The third-order valence-electron chi connectivity index (χ3n) is 2.00. The Morgan fingerprint density at radius 1 is 1.59 bits per heavy atom. The van der Waals surface area contributed by atoms with Crippen molar-refractivity contribution in [2.45, 2.75) is 19.8 Å². The van der Waals surface area contributed by atoms with Crippen LogP contribution < -0.4 is 5.56 Å². The van der Waals surface area contributed by atoms with Crippen LogP contribution in [0.15, 0.2) is 10.9 Å². The SMILES string of the molecule is CCOC(=O)Cc1[nH]c(=O)c(O)cc1C(F)F. The number of ether oxygens (including phenoxy) is 1. The summed E-state index contributed by atoms with van der Waals surface area (Å²) in [5, 5.41) is 9.02. The largest absolute Gasteiger partial charge is 0.503 e. The van der Waals surface area contributed by atoms with Gasteiger partial charge >= 0.3 is 5.97 Å². The Labute approximate surface area is 95.0 Å². The number of esters is 1. The van der Waals surface area contributed by atoms with E-state index in [1.54, 1.807) is 6.92 Å². The molecule has 94 valence electrons. The summed E-state index contributed by atoms with van der Waals surface area (Å²) in [5.41, 5.74) is -1.76. The minimum absolute atomic E-state index is 0.116. The van der Waals surface area contributed by atoms with Gasteiger partial charge in [-0.3, -0.25) is 9.59 Å². The smallest absolute Gasteiger partial charge is 0.311 e. The van der Waals surface area contributed by atoms with Crippen LogP contribution >= 0.6 is 0 Å². The first kappa shape index (κ1) is 13.1. The Morgan fingerprint density at radius 2 is 2.24 bits per heavy atom. The molecule has 0 radical (unpaired) electrons. The maximum absolute atomic E-state index is 12.6. The van der Waals surface area contributed by atoms with Gasteiger partial charge in [0.1, 0.15) is 0 Å². The van der Waals surface area contributed by atoms with Crippen LogP contribution in [-0.2, 0) is 16.0 Å².